The molecule has 130 valence electrons. The number of allylic oxidation sites excluding steroid dienone is 1. The van der Waals surface area contributed by atoms with E-state index in [9.17, 15) is 4.79 Å². The number of aliphatic imine (C=N–C) groups is 1. The number of ether oxygens (including phenoxy) is 1. The number of nitrogens with zero attached hydrogens (tertiary/aromatic N) is 3. The second-order valence-electron chi connectivity index (χ2n) is 6.03. The number of nitrogens with one attached hydrogen (secondary N) is 1. The Hall–Kier alpha value is -1.56. The van der Waals surface area contributed by atoms with Crippen molar-refractivity contribution in [3.63, 3.8) is 0 Å². The molecule has 0 saturated carbocycles. The van der Waals surface area contributed by atoms with Gasteiger partial charge in [-0.25, -0.2) is 0 Å². The average Bonchev–Trinajstić information content (AvgIpc) is 2.62. The first-order valence-corrected chi connectivity index (χ1v) is 8.69. The van der Waals surface area contributed by atoms with Crippen LogP contribution in [0.3, 0.4) is 0 Å². The Morgan fingerprint density at radius 2 is 1.91 bits per heavy atom. The maximum absolute atomic E-state index is 12.5. The number of guanidine groups is 1. The summed E-state index contributed by atoms with van der Waals surface area (Å²) < 4.78 is 5.32. The van der Waals surface area contributed by atoms with E-state index in [1.807, 2.05) is 18.9 Å². The van der Waals surface area contributed by atoms with Crippen LogP contribution < -0.4 is 5.32 Å². The first-order chi connectivity index (χ1) is 11.3. The third-order valence-electron chi connectivity index (χ3n) is 4.51. The van der Waals surface area contributed by atoms with E-state index in [-0.39, 0.29) is 5.92 Å². The second-order valence-corrected chi connectivity index (χ2v) is 6.03. The van der Waals surface area contributed by atoms with Crippen LogP contribution >= 0.6 is 0 Å². The zero-order chi connectivity index (χ0) is 16.5. The molecule has 0 radical (unpaired) electrons. The molecule has 0 bridgehead atoms. The van der Waals surface area contributed by atoms with Gasteiger partial charge in [-0.2, -0.15) is 0 Å². The summed E-state index contributed by atoms with van der Waals surface area (Å²) in [5.74, 6) is 1.42. The van der Waals surface area contributed by atoms with E-state index in [0.717, 1.165) is 57.9 Å². The molecule has 2 heterocycles. The van der Waals surface area contributed by atoms with Crippen LogP contribution in [0.2, 0.25) is 0 Å². The average molecular weight is 322 g/mol. The SMILES string of the molecule is CC=CCCNC(=NC)N1CCC(C(=O)N2CCOCC2)CC1. The van der Waals surface area contributed by atoms with E-state index in [4.69, 9.17) is 4.74 Å². The summed E-state index contributed by atoms with van der Waals surface area (Å²) in [7, 11) is 1.82. The number of hydrogen-bond donors (Lipinski definition) is 1. The molecule has 2 rings (SSSR count). The summed E-state index contributed by atoms with van der Waals surface area (Å²) in [6, 6.07) is 0. The van der Waals surface area contributed by atoms with Crippen LogP contribution in [0.1, 0.15) is 26.2 Å². The topological polar surface area (TPSA) is 57.2 Å². The van der Waals surface area contributed by atoms with Gasteiger partial charge in [0.1, 0.15) is 0 Å². The molecule has 2 saturated heterocycles. The minimum Gasteiger partial charge on any atom is -0.378 e. The Morgan fingerprint density at radius 3 is 2.52 bits per heavy atom. The van der Waals surface area contributed by atoms with Crippen molar-refractivity contribution in [3.8, 4) is 0 Å². The number of piperidine rings is 1. The van der Waals surface area contributed by atoms with Crippen LogP contribution in [0.25, 0.3) is 0 Å². The molecule has 0 aromatic rings. The standard InChI is InChI=1S/C17H30N4O2/c1-3-4-5-8-19-17(18-2)21-9-6-15(7-10-21)16(22)20-11-13-23-14-12-20/h3-4,15H,5-14H2,1-2H3,(H,18,19). The van der Waals surface area contributed by atoms with Gasteiger partial charge in [0.05, 0.1) is 13.2 Å². The Labute approximate surface area is 139 Å². The zero-order valence-electron chi connectivity index (χ0n) is 14.5. The first-order valence-electron chi connectivity index (χ1n) is 8.69. The molecular weight excluding hydrogens is 292 g/mol. The number of morpholine rings is 1. The van der Waals surface area contributed by atoms with Crippen LogP contribution in [-0.2, 0) is 9.53 Å². The number of likely N-dealkylation sites (tertiary alicyclic amines) is 1. The molecule has 0 unspecified atom stereocenters. The predicted molar refractivity (Wildman–Crippen MR) is 92.5 cm³/mol. The van der Waals surface area contributed by atoms with Gasteiger partial charge < -0.3 is 19.9 Å². The van der Waals surface area contributed by atoms with Crippen molar-refractivity contribution in [3.05, 3.63) is 12.2 Å². The van der Waals surface area contributed by atoms with Gasteiger partial charge in [0.25, 0.3) is 0 Å². The molecular formula is C17H30N4O2. The van der Waals surface area contributed by atoms with Crippen LogP contribution in [0, 0.1) is 5.92 Å². The summed E-state index contributed by atoms with van der Waals surface area (Å²) >= 11 is 0. The molecule has 0 spiro atoms. The molecule has 0 aromatic carbocycles. The first kappa shape index (κ1) is 17.8. The van der Waals surface area contributed by atoms with Crippen LogP contribution in [0.4, 0.5) is 0 Å². The van der Waals surface area contributed by atoms with E-state index in [1.54, 1.807) is 0 Å². The van der Waals surface area contributed by atoms with Gasteiger partial charge in [-0.1, -0.05) is 12.2 Å². The van der Waals surface area contributed by atoms with E-state index in [0.29, 0.717) is 19.1 Å². The number of amides is 1. The highest BCUT2D eigenvalue weighted by molar-refractivity contribution is 5.81. The van der Waals surface area contributed by atoms with Crippen molar-refractivity contribution < 1.29 is 9.53 Å². The highest BCUT2D eigenvalue weighted by atomic mass is 16.5. The van der Waals surface area contributed by atoms with Crippen molar-refractivity contribution in [2.24, 2.45) is 10.9 Å². The van der Waals surface area contributed by atoms with Crippen molar-refractivity contribution in [2.75, 3.05) is 53.0 Å². The van der Waals surface area contributed by atoms with Crippen molar-refractivity contribution in [2.45, 2.75) is 26.2 Å². The normalized spacial score (nSPS) is 21.0. The molecule has 0 aromatic heterocycles. The molecule has 6 nitrogen and oxygen atoms in total. The second kappa shape index (κ2) is 9.55. The number of carbonyl (C=O) groups excluding carboxylic acids is 1. The summed E-state index contributed by atoms with van der Waals surface area (Å²) in [4.78, 5) is 21.1. The molecule has 6 heteroatoms. The lowest BCUT2D eigenvalue weighted by Crippen LogP contribution is -2.50. The fourth-order valence-corrected chi connectivity index (χ4v) is 3.15. The minimum absolute atomic E-state index is 0.158. The van der Waals surface area contributed by atoms with Crippen LogP contribution in [0.15, 0.2) is 17.1 Å². The maximum Gasteiger partial charge on any atom is 0.225 e. The highest BCUT2D eigenvalue weighted by Crippen LogP contribution is 2.20. The third kappa shape index (κ3) is 5.23. The largest absolute Gasteiger partial charge is 0.378 e. The Balaban J connectivity index is 1.76. The van der Waals surface area contributed by atoms with Crippen molar-refractivity contribution >= 4 is 11.9 Å². The van der Waals surface area contributed by atoms with Gasteiger partial charge >= 0.3 is 0 Å². The zero-order valence-corrected chi connectivity index (χ0v) is 14.5. The van der Waals surface area contributed by atoms with E-state index in [2.05, 4.69) is 27.4 Å². The minimum atomic E-state index is 0.158. The molecule has 0 aliphatic carbocycles. The van der Waals surface area contributed by atoms with Gasteiger partial charge in [-0.05, 0) is 26.2 Å². The number of rotatable bonds is 4. The highest BCUT2D eigenvalue weighted by Gasteiger charge is 2.30. The fraction of sp³-hybridized carbons (Fsp3) is 0.765. The van der Waals surface area contributed by atoms with Gasteiger partial charge in [0.15, 0.2) is 5.96 Å². The van der Waals surface area contributed by atoms with E-state index < -0.39 is 0 Å². The lowest BCUT2D eigenvalue weighted by atomic mass is 9.95. The smallest absolute Gasteiger partial charge is 0.225 e. The van der Waals surface area contributed by atoms with Gasteiger partial charge in [0.2, 0.25) is 5.91 Å². The summed E-state index contributed by atoms with van der Waals surface area (Å²) in [5, 5.41) is 3.39. The molecule has 2 aliphatic rings. The molecule has 2 fully saturated rings. The third-order valence-corrected chi connectivity index (χ3v) is 4.51. The van der Waals surface area contributed by atoms with Crippen LogP contribution in [0.5, 0.6) is 0 Å². The summed E-state index contributed by atoms with van der Waals surface area (Å²) in [6.45, 7) is 7.55. The van der Waals surface area contributed by atoms with E-state index >= 15 is 0 Å². The quantitative estimate of drug-likeness (QED) is 0.364. The lowest BCUT2D eigenvalue weighted by Gasteiger charge is -2.36. The summed E-state index contributed by atoms with van der Waals surface area (Å²) in [5.41, 5.74) is 0. The van der Waals surface area contributed by atoms with Crippen molar-refractivity contribution in [1.29, 1.82) is 0 Å². The lowest BCUT2D eigenvalue weighted by molar-refractivity contribution is -0.140. The molecule has 1 amide bonds. The molecule has 23 heavy (non-hydrogen) atoms. The predicted octanol–water partition coefficient (Wildman–Crippen LogP) is 1.10. The monoisotopic (exact) mass is 322 g/mol. The molecule has 2 aliphatic heterocycles. The van der Waals surface area contributed by atoms with Crippen molar-refractivity contribution in [1.82, 2.24) is 15.1 Å². The molecule has 0 atom stereocenters. The fourth-order valence-electron chi connectivity index (χ4n) is 3.15. The number of carbonyl (C=O) groups is 1. The summed E-state index contributed by atoms with van der Waals surface area (Å²) in [6.07, 6.45) is 7.03. The van der Waals surface area contributed by atoms with Gasteiger partial charge in [-0.3, -0.25) is 9.79 Å². The number of hydrogen-bond acceptors (Lipinski definition) is 3. The Bertz CT molecular complexity index is 422. The van der Waals surface area contributed by atoms with E-state index in [1.165, 1.54) is 0 Å². The van der Waals surface area contributed by atoms with Gasteiger partial charge in [0, 0.05) is 45.7 Å². The van der Waals surface area contributed by atoms with Crippen LogP contribution in [-0.4, -0.2) is 74.7 Å². The Kier molecular flexibility index (Phi) is 7.39. The van der Waals surface area contributed by atoms with Gasteiger partial charge in [-0.15, -0.1) is 0 Å². The molecule has 1 N–H and O–H groups in total. The Morgan fingerprint density at radius 1 is 1.22 bits per heavy atom. The maximum atomic E-state index is 12.5.